The molecule has 0 aromatic heterocycles. The van der Waals surface area contributed by atoms with Crippen LogP contribution < -0.4 is 10.1 Å². The fourth-order valence-electron chi connectivity index (χ4n) is 4.00. The first-order chi connectivity index (χ1) is 14.8. The zero-order chi connectivity index (χ0) is 20.8. The van der Waals surface area contributed by atoms with Gasteiger partial charge >= 0.3 is 0 Å². The van der Waals surface area contributed by atoms with Gasteiger partial charge in [-0.2, -0.15) is 0 Å². The van der Waals surface area contributed by atoms with E-state index in [4.69, 9.17) is 9.47 Å². The molecule has 4 rings (SSSR count). The molecule has 0 bridgehead atoms. The predicted molar refractivity (Wildman–Crippen MR) is 129 cm³/mol. The molecule has 1 fully saturated rings. The van der Waals surface area contributed by atoms with Crippen LogP contribution in [0.15, 0.2) is 60.4 Å². The van der Waals surface area contributed by atoms with Crippen molar-refractivity contribution in [2.75, 3.05) is 39.1 Å². The summed E-state index contributed by atoms with van der Waals surface area (Å²) in [4.78, 5) is 16.5. The van der Waals surface area contributed by atoms with E-state index in [1.54, 1.807) is 18.9 Å². The number of likely N-dealkylation sites (tertiary alicyclic amines) is 1. The quantitative estimate of drug-likeness (QED) is 0.659. The summed E-state index contributed by atoms with van der Waals surface area (Å²) < 4.78 is 11.1. The van der Waals surface area contributed by atoms with E-state index < -0.39 is 0 Å². The molecule has 2 heterocycles. The number of benzene rings is 2. The van der Waals surface area contributed by atoms with Crippen molar-refractivity contribution in [3.05, 3.63) is 71.5 Å². The van der Waals surface area contributed by atoms with Crippen LogP contribution in [-0.4, -0.2) is 49.9 Å². The molecule has 0 spiro atoms. The second-order valence-electron chi connectivity index (χ2n) is 7.46. The van der Waals surface area contributed by atoms with Crippen molar-refractivity contribution >= 4 is 35.0 Å². The van der Waals surface area contributed by atoms with E-state index in [1.165, 1.54) is 18.4 Å². The fraction of sp³-hybridized carbons (Fsp3) is 0.375. The second-order valence-corrected chi connectivity index (χ2v) is 8.57. The van der Waals surface area contributed by atoms with E-state index in [-0.39, 0.29) is 24.4 Å². The molecule has 1 N–H and O–H groups in total. The molecule has 0 saturated carbocycles. The molecule has 1 unspecified atom stereocenters. The molecule has 5 nitrogen and oxygen atoms in total. The smallest absolute Gasteiger partial charge is 0.287 e. The van der Waals surface area contributed by atoms with Crippen LogP contribution in [0.2, 0.25) is 0 Å². The van der Waals surface area contributed by atoms with Crippen molar-refractivity contribution in [2.45, 2.75) is 18.9 Å². The first kappa shape index (κ1) is 23.5. The van der Waals surface area contributed by atoms with E-state index >= 15 is 0 Å². The Kier molecular flexibility index (Phi) is 8.69. The molecule has 1 amide bonds. The highest BCUT2D eigenvalue weighted by Crippen LogP contribution is 2.35. The van der Waals surface area contributed by atoms with E-state index in [0.29, 0.717) is 18.9 Å². The molecule has 2 aliphatic rings. The van der Waals surface area contributed by atoms with E-state index in [0.717, 1.165) is 35.1 Å². The number of methoxy groups -OCH3 is 1. The van der Waals surface area contributed by atoms with Crippen molar-refractivity contribution in [2.24, 2.45) is 0 Å². The Morgan fingerprint density at radius 3 is 2.52 bits per heavy atom. The van der Waals surface area contributed by atoms with Gasteiger partial charge in [0.25, 0.3) is 5.91 Å². The maximum Gasteiger partial charge on any atom is 0.287 e. The number of nitrogens with zero attached hydrogens (tertiary/aromatic N) is 1. The lowest BCUT2D eigenvalue weighted by Gasteiger charge is -2.29. The summed E-state index contributed by atoms with van der Waals surface area (Å²) in [5, 5.41) is 3.15. The van der Waals surface area contributed by atoms with E-state index in [9.17, 15) is 4.79 Å². The maximum atomic E-state index is 13.1. The lowest BCUT2D eigenvalue weighted by Crippen LogP contribution is -2.38. The van der Waals surface area contributed by atoms with Crippen LogP contribution in [-0.2, 0) is 9.53 Å². The Balaban J connectivity index is 0.00000272. The molecular weight excluding hydrogens is 432 g/mol. The van der Waals surface area contributed by atoms with E-state index in [1.807, 2.05) is 42.5 Å². The van der Waals surface area contributed by atoms with Gasteiger partial charge in [0.15, 0.2) is 5.76 Å². The van der Waals surface area contributed by atoms with Crippen LogP contribution in [0.3, 0.4) is 0 Å². The number of carbonyl (C=O) groups is 1. The minimum atomic E-state index is -0.140. The molecule has 2 aromatic carbocycles. The van der Waals surface area contributed by atoms with Gasteiger partial charge in [-0.05, 0) is 49.2 Å². The largest absolute Gasteiger partial charge is 0.497 e. The summed E-state index contributed by atoms with van der Waals surface area (Å²) in [5.74, 6) is 1.99. The number of carbonyl (C=O) groups excluding carboxylic acids is 1. The van der Waals surface area contributed by atoms with Gasteiger partial charge in [-0.25, -0.2) is 0 Å². The number of amides is 1. The summed E-state index contributed by atoms with van der Waals surface area (Å²) in [7, 11) is 1.67. The Hall–Kier alpha value is -2.15. The van der Waals surface area contributed by atoms with Gasteiger partial charge in [0.2, 0.25) is 0 Å². The number of ether oxygens (including phenoxy) is 2. The Labute approximate surface area is 194 Å². The minimum absolute atomic E-state index is 0. The van der Waals surface area contributed by atoms with Gasteiger partial charge in [0.05, 0.1) is 24.7 Å². The minimum Gasteiger partial charge on any atom is -0.497 e. The van der Waals surface area contributed by atoms with Crippen molar-refractivity contribution < 1.29 is 14.3 Å². The van der Waals surface area contributed by atoms with Crippen LogP contribution in [0.5, 0.6) is 5.75 Å². The third kappa shape index (κ3) is 5.76. The number of nitrogens with one attached hydrogen (secondary N) is 1. The summed E-state index contributed by atoms with van der Waals surface area (Å²) in [6.07, 6.45) is 2.40. The molecule has 166 valence electrons. The van der Waals surface area contributed by atoms with Crippen LogP contribution in [0.4, 0.5) is 0 Å². The highest BCUT2D eigenvalue weighted by Gasteiger charge is 2.27. The number of rotatable bonds is 7. The standard InChI is InChI=1S/C24H28N2O3S.ClH/c1-28-20-11-9-18(10-12-20)21(26-13-5-6-14-26)17-25-24(27)22-23(30-16-15-29-22)19-7-3-2-4-8-19;/h2-4,7-12,21H,5-6,13-17H2,1H3,(H,25,27);1H. The Morgan fingerprint density at radius 2 is 1.84 bits per heavy atom. The molecule has 7 heteroatoms. The number of thioether (sulfide) groups is 1. The van der Waals surface area contributed by atoms with Gasteiger partial charge in [-0.1, -0.05) is 42.5 Å². The Morgan fingerprint density at radius 1 is 1.13 bits per heavy atom. The number of hydrogen-bond acceptors (Lipinski definition) is 5. The molecular formula is C24H29ClN2O3S. The monoisotopic (exact) mass is 460 g/mol. The lowest BCUT2D eigenvalue weighted by atomic mass is 10.1. The van der Waals surface area contributed by atoms with Crippen molar-refractivity contribution in [3.63, 3.8) is 0 Å². The maximum absolute atomic E-state index is 13.1. The molecule has 31 heavy (non-hydrogen) atoms. The van der Waals surface area contributed by atoms with Crippen LogP contribution >= 0.6 is 24.2 Å². The van der Waals surface area contributed by atoms with Crippen LogP contribution in [0.1, 0.15) is 30.0 Å². The first-order valence-electron chi connectivity index (χ1n) is 10.5. The summed E-state index contributed by atoms with van der Waals surface area (Å²) >= 11 is 1.68. The molecule has 2 aromatic rings. The fourth-order valence-corrected chi connectivity index (χ4v) is 4.95. The summed E-state index contributed by atoms with van der Waals surface area (Å²) in [6, 6.07) is 18.3. The average molecular weight is 461 g/mol. The third-order valence-corrected chi connectivity index (χ3v) is 6.64. The van der Waals surface area contributed by atoms with Gasteiger partial charge in [0, 0.05) is 12.3 Å². The number of halogens is 1. The van der Waals surface area contributed by atoms with Crippen molar-refractivity contribution in [3.8, 4) is 5.75 Å². The zero-order valence-corrected chi connectivity index (χ0v) is 19.3. The average Bonchev–Trinajstić information content (AvgIpc) is 3.35. The summed E-state index contributed by atoms with van der Waals surface area (Å²) in [6.45, 7) is 3.20. The second kappa shape index (κ2) is 11.5. The van der Waals surface area contributed by atoms with Gasteiger partial charge in [0.1, 0.15) is 5.75 Å². The molecule has 0 aliphatic carbocycles. The highest BCUT2D eigenvalue weighted by atomic mass is 35.5. The van der Waals surface area contributed by atoms with Crippen LogP contribution in [0.25, 0.3) is 4.91 Å². The summed E-state index contributed by atoms with van der Waals surface area (Å²) in [5.41, 5.74) is 2.22. The Bertz CT molecular complexity index is 883. The third-order valence-electron chi connectivity index (χ3n) is 5.56. The van der Waals surface area contributed by atoms with Gasteiger partial charge < -0.3 is 14.8 Å². The van der Waals surface area contributed by atoms with Crippen molar-refractivity contribution in [1.82, 2.24) is 10.2 Å². The van der Waals surface area contributed by atoms with Crippen LogP contribution in [0, 0.1) is 0 Å². The molecule has 1 atom stereocenters. The zero-order valence-electron chi connectivity index (χ0n) is 17.7. The number of hydrogen-bond donors (Lipinski definition) is 1. The van der Waals surface area contributed by atoms with Crippen molar-refractivity contribution in [1.29, 1.82) is 0 Å². The molecule has 2 aliphatic heterocycles. The normalized spacial score (nSPS) is 17.5. The van der Waals surface area contributed by atoms with Gasteiger partial charge in [-0.3, -0.25) is 9.69 Å². The topological polar surface area (TPSA) is 50.8 Å². The van der Waals surface area contributed by atoms with E-state index in [2.05, 4.69) is 22.3 Å². The SMILES string of the molecule is COc1ccc(C(CNC(=O)C2=C(c3ccccc3)SCCO2)N2CCCC2)cc1.Cl. The van der Waals surface area contributed by atoms with Gasteiger partial charge in [-0.15, -0.1) is 24.2 Å². The lowest BCUT2D eigenvalue weighted by molar-refractivity contribution is -0.121. The highest BCUT2D eigenvalue weighted by molar-refractivity contribution is 8.08. The first-order valence-corrected chi connectivity index (χ1v) is 11.5. The molecule has 1 saturated heterocycles. The molecule has 0 radical (unpaired) electrons. The predicted octanol–water partition coefficient (Wildman–Crippen LogP) is 4.50.